The van der Waals surface area contributed by atoms with Gasteiger partial charge in [-0.15, -0.1) is 35.3 Å². The van der Waals surface area contributed by atoms with Crippen molar-refractivity contribution in [2.24, 2.45) is 4.99 Å². The number of aryl methyl sites for hydroxylation is 2. The molecule has 0 radical (unpaired) electrons. The number of aliphatic imine (C=N–C) groups is 1. The second-order valence-corrected chi connectivity index (χ2v) is 5.46. The molecule has 2 aromatic heterocycles. The van der Waals surface area contributed by atoms with Gasteiger partial charge in [-0.1, -0.05) is 6.07 Å². The molecule has 0 fully saturated rings. The molecule has 0 aliphatic heterocycles. The molecule has 0 amide bonds. The van der Waals surface area contributed by atoms with Crippen LogP contribution < -0.4 is 10.6 Å². The minimum absolute atomic E-state index is 0. The molecule has 2 aromatic rings. The highest BCUT2D eigenvalue weighted by molar-refractivity contribution is 14.0. The fourth-order valence-electron chi connectivity index (χ4n) is 1.75. The van der Waals surface area contributed by atoms with Crippen LogP contribution in [0.4, 0.5) is 0 Å². The third kappa shape index (κ3) is 5.66. The number of thiophene rings is 1. The van der Waals surface area contributed by atoms with Crippen molar-refractivity contribution < 1.29 is 4.42 Å². The van der Waals surface area contributed by atoms with Crippen LogP contribution in [0.15, 0.2) is 26.9 Å². The first-order chi connectivity index (χ1) is 9.69. The van der Waals surface area contributed by atoms with E-state index in [1.165, 1.54) is 4.88 Å². The van der Waals surface area contributed by atoms with Crippen molar-refractivity contribution in [3.8, 4) is 0 Å². The third-order valence-corrected chi connectivity index (χ3v) is 3.88. The zero-order chi connectivity index (χ0) is 14.4. The Hall–Kier alpha value is -1.09. The minimum Gasteiger partial charge on any atom is -0.444 e. The first-order valence-corrected chi connectivity index (χ1v) is 7.47. The van der Waals surface area contributed by atoms with E-state index in [0.29, 0.717) is 12.4 Å². The van der Waals surface area contributed by atoms with Gasteiger partial charge >= 0.3 is 0 Å². The molecule has 0 bridgehead atoms. The average Bonchev–Trinajstić information content (AvgIpc) is 3.05. The van der Waals surface area contributed by atoms with E-state index in [1.807, 2.05) is 13.8 Å². The molecular formula is C14H21IN4OS. The molecule has 5 nitrogen and oxygen atoms in total. The summed E-state index contributed by atoms with van der Waals surface area (Å²) in [6.07, 6.45) is 0.996. The first kappa shape index (κ1) is 18.0. The van der Waals surface area contributed by atoms with E-state index in [-0.39, 0.29) is 24.0 Å². The van der Waals surface area contributed by atoms with Gasteiger partial charge in [0.15, 0.2) is 5.96 Å². The van der Waals surface area contributed by atoms with Crippen LogP contribution in [0.5, 0.6) is 0 Å². The molecule has 0 saturated heterocycles. The molecule has 2 N–H and O–H groups in total. The maximum Gasteiger partial charge on any atom is 0.214 e. The highest BCUT2D eigenvalue weighted by Crippen LogP contribution is 2.08. The van der Waals surface area contributed by atoms with Crippen molar-refractivity contribution in [3.05, 3.63) is 39.7 Å². The van der Waals surface area contributed by atoms with Gasteiger partial charge in [0.2, 0.25) is 5.89 Å². The number of hydrogen-bond donors (Lipinski definition) is 2. The van der Waals surface area contributed by atoms with E-state index in [4.69, 9.17) is 4.42 Å². The Balaban J connectivity index is 0.00000220. The Labute approximate surface area is 146 Å². The lowest BCUT2D eigenvalue weighted by atomic mass is 10.3. The van der Waals surface area contributed by atoms with E-state index in [9.17, 15) is 0 Å². The SMILES string of the molecule is CN=C(NCCc1cccs1)NCc1nc(C)c(C)o1.I. The van der Waals surface area contributed by atoms with Crippen LogP contribution in [0.1, 0.15) is 22.2 Å². The Morgan fingerprint density at radius 1 is 1.38 bits per heavy atom. The fourth-order valence-corrected chi connectivity index (χ4v) is 2.46. The van der Waals surface area contributed by atoms with Crippen molar-refractivity contribution in [1.29, 1.82) is 0 Å². The maximum atomic E-state index is 5.52. The largest absolute Gasteiger partial charge is 0.444 e. The van der Waals surface area contributed by atoms with Crippen molar-refractivity contribution in [2.45, 2.75) is 26.8 Å². The van der Waals surface area contributed by atoms with Gasteiger partial charge in [-0.2, -0.15) is 0 Å². The number of guanidine groups is 1. The monoisotopic (exact) mass is 420 g/mol. The average molecular weight is 420 g/mol. The Bertz CT molecular complexity index is 546. The highest BCUT2D eigenvalue weighted by atomic mass is 127. The smallest absolute Gasteiger partial charge is 0.214 e. The highest BCUT2D eigenvalue weighted by Gasteiger charge is 2.06. The third-order valence-electron chi connectivity index (χ3n) is 2.95. The second kappa shape index (κ2) is 9.04. The van der Waals surface area contributed by atoms with Crippen molar-refractivity contribution in [2.75, 3.05) is 13.6 Å². The Morgan fingerprint density at radius 2 is 2.19 bits per heavy atom. The Morgan fingerprint density at radius 3 is 2.76 bits per heavy atom. The predicted molar refractivity (Wildman–Crippen MR) is 97.6 cm³/mol. The molecule has 21 heavy (non-hydrogen) atoms. The van der Waals surface area contributed by atoms with Crippen LogP contribution >= 0.6 is 35.3 Å². The first-order valence-electron chi connectivity index (χ1n) is 6.59. The van der Waals surface area contributed by atoms with Crippen LogP contribution in [-0.2, 0) is 13.0 Å². The van der Waals surface area contributed by atoms with Crippen molar-refractivity contribution in [3.63, 3.8) is 0 Å². The normalized spacial score (nSPS) is 11.1. The lowest BCUT2D eigenvalue weighted by molar-refractivity contribution is 0.464. The van der Waals surface area contributed by atoms with Crippen LogP contribution in [0.2, 0.25) is 0 Å². The predicted octanol–water partition coefficient (Wildman–Crippen LogP) is 2.88. The maximum absolute atomic E-state index is 5.52. The molecule has 116 valence electrons. The Kier molecular flexibility index (Phi) is 7.73. The number of nitrogens with one attached hydrogen (secondary N) is 2. The van der Waals surface area contributed by atoms with Gasteiger partial charge in [0.25, 0.3) is 0 Å². The summed E-state index contributed by atoms with van der Waals surface area (Å²) in [7, 11) is 1.76. The number of aromatic nitrogens is 1. The summed E-state index contributed by atoms with van der Waals surface area (Å²) in [5, 5.41) is 8.56. The number of halogens is 1. The van der Waals surface area contributed by atoms with E-state index in [1.54, 1.807) is 18.4 Å². The molecule has 0 atom stereocenters. The van der Waals surface area contributed by atoms with Gasteiger partial charge in [-0.05, 0) is 31.7 Å². The number of hydrogen-bond acceptors (Lipinski definition) is 4. The topological polar surface area (TPSA) is 62.5 Å². The van der Waals surface area contributed by atoms with E-state index < -0.39 is 0 Å². The van der Waals surface area contributed by atoms with Gasteiger partial charge in [0, 0.05) is 18.5 Å². The molecule has 0 aromatic carbocycles. The van der Waals surface area contributed by atoms with Gasteiger partial charge in [0.05, 0.1) is 12.2 Å². The number of oxazole rings is 1. The standard InChI is InChI=1S/C14H20N4OS.HI/c1-10-11(2)19-13(18-10)9-17-14(15-3)16-7-6-12-5-4-8-20-12;/h4-5,8H,6-7,9H2,1-3H3,(H2,15,16,17);1H. The van der Waals surface area contributed by atoms with Gasteiger partial charge in [0.1, 0.15) is 5.76 Å². The fraction of sp³-hybridized carbons (Fsp3) is 0.429. The molecule has 2 rings (SSSR count). The van der Waals surface area contributed by atoms with Gasteiger partial charge in [-0.25, -0.2) is 4.98 Å². The molecule has 0 aliphatic rings. The second-order valence-electron chi connectivity index (χ2n) is 4.43. The summed E-state index contributed by atoms with van der Waals surface area (Å²) >= 11 is 1.77. The minimum atomic E-state index is 0. The van der Waals surface area contributed by atoms with Crippen molar-refractivity contribution in [1.82, 2.24) is 15.6 Å². The number of nitrogens with zero attached hydrogens (tertiary/aromatic N) is 2. The van der Waals surface area contributed by atoms with Crippen LogP contribution in [0.3, 0.4) is 0 Å². The lowest BCUT2D eigenvalue weighted by Crippen LogP contribution is -2.37. The summed E-state index contributed by atoms with van der Waals surface area (Å²) in [5.41, 5.74) is 0.933. The molecule has 0 saturated carbocycles. The lowest BCUT2D eigenvalue weighted by Gasteiger charge is -2.09. The van der Waals surface area contributed by atoms with E-state index >= 15 is 0 Å². The van der Waals surface area contributed by atoms with Crippen LogP contribution in [-0.4, -0.2) is 24.5 Å². The van der Waals surface area contributed by atoms with E-state index in [2.05, 4.69) is 38.1 Å². The van der Waals surface area contributed by atoms with Crippen LogP contribution in [0, 0.1) is 13.8 Å². The summed E-state index contributed by atoms with van der Waals surface area (Å²) in [4.78, 5) is 9.87. The molecule has 7 heteroatoms. The quantitative estimate of drug-likeness (QED) is 0.444. The molecule has 0 unspecified atom stereocenters. The number of rotatable bonds is 5. The zero-order valence-corrected chi connectivity index (χ0v) is 15.6. The zero-order valence-electron chi connectivity index (χ0n) is 12.5. The van der Waals surface area contributed by atoms with Crippen molar-refractivity contribution >= 4 is 41.3 Å². The molecule has 0 spiro atoms. The van der Waals surface area contributed by atoms with Crippen LogP contribution in [0.25, 0.3) is 0 Å². The summed E-state index contributed by atoms with van der Waals surface area (Å²) in [5.74, 6) is 2.30. The molecule has 2 heterocycles. The summed E-state index contributed by atoms with van der Waals surface area (Å²) in [6.45, 7) is 5.24. The van der Waals surface area contributed by atoms with E-state index in [0.717, 1.165) is 30.4 Å². The molecular weight excluding hydrogens is 399 g/mol. The van der Waals surface area contributed by atoms with Gasteiger partial charge < -0.3 is 15.1 Å². The summed E-state index contributed by atoms with van der Waals surface area (Å²) < 4.78 is 5.52. The van der Waals surface area contributed by atoms with Gasteiger partial charge in [-0.3, -0.25) is 4.99 Å². The molecule has 0 aliphatic carbocycles. The summed E-state index contributed by atoms with van der Waals surface area (Å²) in [6, 6.07) is 4.21.